The van der Waals surface area contributed by atoms with Crippen molar-refractivity contribution < 1.29 is 0 Å². The molecule has 1 aliphatic carbocycles. The van der Waals surface area contributed by atoms with Gasteiger partial charge in [0.25, 0.3) is 0 Å². The van der Waals surface area contributed by atoms with Crippen molar-refractivity contribution in [2.45, 2.75) is 32.2 Å². The fourth-order valence-electron chi connectivity index (χ4n) is 1.94. The Morgan fingerprint density at radius 3 is 3.15 bits per heavy atom. The average molecular weight is 177 g/mol. The van der Waals surface area contributed by atoms with E-state index in [1.54, 1.807) is 0 Å². The predicted octanol–water partition coefficient (Wildman–Crippen LogP) is 1.82. The first-order valence-corrected chi connectivity index (χ1v) is 5.14. The monoisotopic (exact) mass is 177 g/mol. The highest BCUT2D eigenvalue weighted by Crippen LogP contribution is 2.40. The van der Waals surface area contributed by atoms with Crippen LogP contribution < -0.4 is 5.32 Å². The van der Waals surface area contributed by atoms with Gasteiger partial charge in [-0.15, -0.1) is 0 Å². The molecule has 1 aromatic heterocycles. The van der Waals surface area contributed by atoms with Crippen molar-refractivity contribution in [1.29, 1.82) is 0 Å². The third-order valence-electron chi connectivity index (χ3n) is 2.91. The average Bonchev–Trinajstić information content (AvgIpc) is 2.87. The summed E-state index contributed by atoms with van der Waals surface area (Å²) in [6.45, 7) is 4.43. The SMILES string of the molecule is CC1CNc2cc(C3CC3)nn2C1. The highest BCUT2D eigenvalue weighted by atomic mass is 15.3. The zero-order valence-electron chi connectivity index (χ0n) is 7.95. The second kappa shape index (κ2) is 2.50. The quantitative estimate of drug-likeness (QED) is 0.709. The molecule has 1 N–H and O–H groups in total. The topological polar surface area (TPSA) is 29.9 Å². The minimum atomic E-state index is 0.708. The van der Waals surface area contributed by atoms with Crippen molar-refractivity contribution in [3.05, 3.63) is 11.8 Å². The van der Waals surface area contributed by atoms with Gasteiger partial charge in [0.2, 0.25) is 0 Å². The van der Waals surface area contributed by atoms with Crippen molar-refractivity contribution in [1.82, 2.24) is 9.78 Å². The first-order valence-electron chi connectivity index (χ1n) is 5.14. The molecule has 1 fully saturated rings. The lowest BCUT2D eigenvalue weighted by Gasteiger charge is -2.21. The molecular weight excluding hydrogens is 162 g/mol. The number of fused-ring (bicyclic) bond motifs is 1. The highest BCUT2D eigenvalue weighted by Gasteiger charge is 2.28. The fourth-order valence-corrected chi connectivity index (χ4v) is 1.94. The Morgan fingerprint density at radius 1 is 1.54 bits per heavy atom. The van der Waals surface area contributed by atoms with Gasteiger partial charge in [0.05, 0.1) is 5.69 Å². The van der Waals surface area contributed by atoms with Gasteiger partial charge in [-0.25, -0.2) is 4.68 Å². The second-order valence-electron chi connectivity index (χ2n) is 4.40. The van der Waals surface area contributed by atoms with E-state index in [2.05, 4.69) is 28.1 Å². The van der Waals surface area contributed by atoms with Gasteiger partial charge in [-0.1, -0.05) is 6.92 Å². The maximum Gasteiger partial charge on any atom is 0.124 e. The van der Waals surface area contributed by atoms with Gasteiger partial charge in [0.1, 0.15) is 5.82 Å². The van der Waals surface area contributed by atoms with Gasteiger partial charge in [-0.2, -0.15) is 5.10 Å². The first kappa shape index (κ1) is 7.42. The minimum Gasteiger partial charge on any atom is -0.370 e. The molecule has 0 bridgehead atoms. The van der Waals surface area contributed by atoms with Crippen LogP contribution in [-0.4, -0.2) is 16.3 Å². The lowest BCUT2D eigenvalue weighted by atomic mass is 10.1. The van der Waals surface area contributed by atoms with Crippen LogP contribution in [0.2, 0.25) is 0 Å². The van der Waals surface area contributed by atoms with Crippen molar-refractivity contribution in [3.63, 3.8) is 0 Å². The smallest absolute Gasteiger partial charge is 0.124 e. The Morgan fingerprint density at radius 2 is 2.38 bits per heavy atom. The summed E-state index contributed by atoms with van der Waals surface area (Å²) in [5.41, 5.74) is 1.30. The molecule has 13 heavy (non-hydrogen) atoms. The fraction of sp³-hybridized carbons (Fsp3) is 0.700. The normalized spacial score (nSPS) is 26.7. The molecule has 3 nitrogen and oxygen atoms in total. The van der Waals surface area contributed by atoms with Gasteiger partial charge in [-0.05, 0) is 18.8 Å². The van der Waals surface area contributed by atoms with E-state index < -0.39 is 0 Å². The third kappa shape index (κ3) is 1.23. The first-order chi connectivity index (χ1) is 6.33. The van der Waals surface area contributed by atoms with Crippen LogP contribution >= 0.6 is 0 Å². The number of aromatic nitrogens is 2. The molecule has 0 spiro atoms. The molecule has 1 aliphatic heterocycles. The van der Waals surface area contributed by atoms with Crippen molar-refractivity contribution in [2.75, 3.05) is 11.9 Å². The van der Waals surface area contributed by atoms with E-state index in [1.165, 1.54) is 24.4 Å². The Kier molecular flexibility index (Phi) is 1.43. The molecule has 2 aliphatic rings. The van der Waals surface area contributed by atoms with Crippen molar-refractivity contribution in [3.8, 4) is 0 Å². The molecule has 0 aromatic carbocycles. The van der Waals surface area contributed by atoms with E-state index >= 15 is 0 Å². The number of hydrogen-bond acceptors (Lipinski definition) is 2. The zero-order chi connectivity index (χ0) is 8.84. The van der Waals surface area contributed by atoms with E-state index in [4.69, 9.17) is 0 Å². The summed E-state index contributed by atoms with van der Waals surface area (Å²) in [6.07, 6.45) is 2.68. The lowest BCUT2D eigenvalue weighted by Crippen LogP contribution is -2.25. The molecule has 70 valence electrons. The summed E-state index contributed by atoms with van der Waals surface area (Å²) in [7, 11) is 0. The molecular formula is C10H15N3. The number of nitrogens with one attached hydrogen (secondary N) is 1. The van der Waals surface area contributed by atoms with Crippen LogP contribution in [0, 0.1) is 5.92 Å². The third-order valence-corrected chi connectivity index (χ3v) is 2.91. The minimum absolute atomic E-state index is 0.708. The molecule has 2 heterocycles. The Bertz CT molecular complexity index is 325. The van der Waals surface area contributed by atoms with Gasteiger partial charge >= 0.3 is 0 Å². The van der Waals surface area contributed by atoms with Crippen LogP contribution in [0.25, 0.3) is 0 Å². The van der Waals surface area contributed by atoms with Crippen LogP contribution in [0.1, 0.15) is 31.4 Å². The van der Waals surface area contributed by atoms with Gasteiger partial charge in [-0.3, -0.25) is 0 Å². The number of hydrogen-bond donors (Lipinski definition) is 1. The van der Waals surface area contributed by atoms with E-state index in [0.717, 1.165) is 19.0 Å². The molecule has 1 atom stereocenters. The van der Waals surface area contributed by atoms with Gasteiger partial charge < -0.3 is 5.32 Å². The second-order valence-corrected chi connectivity index (χ2v) is 4.40. The Balaban J connectivity index is 1.93. The van der Waals surface area contributed by atoms with Crippen LogP contribution in [0.3, 0.4) is 0 Å². The lowest BCUT2D eigenvalue weighted by molar-refractivity contribution is 0.443. The Labute approximate surface area is 78.1 Å². The van der Waals surface area contributed by atoms with E-state index in [0.29, 0.717) is 5.92 Å². The molecule has 0 radical (unpaired) electrons. The molecule has 3 heteroatoms. The van der Waals surface area contributed by atoms with Crippen LogP contribution in [0.4, 0.5) is 5.82 Å². The van der Waals surface area contributed by atoms with E-state index in [-0.39, 0.29) is 0 Å². The molecule has 1 saturated carbocycles. The summed E-state index contributed by atoms with van der Waals surface area (Å²) < 4.78 is 2.13. The largest absolute Gasteiger partial charge is 0.370 e. The standard InChI is InChI=1S/C10H15N3/c1-7-5-11-10-4-9(8-2-3-8)12-13(10)6-7/h4,7-8,11H,2-3,5-6H2,1H3. The van der Waals surface area contributed by atoms with Crippen molar-refractivity contribution >= 4 is 5.82 Å². The maximum atomic E-state index is 4.62. The Hall–Kier alpha value is -0.990. The molecule has 1 unspecified atom stereocenters. The summed E-state index contributed by atoms with van der Waals surface area (Å²) >= 11 is 0. The molecule has 3 rings (SSSR count). The summed E-state index contributed by atoms with van der Waals surface area (Å²) in [5.74, 6) is 2.70. The summed E-state index contributed by atoms with van der Waals surface area (Å²) in [5, 5.41) is 8.03. The number of nitrogens with zero attached hydrogens (tertiary/aromatic N) is 2. The zero-order valence-corrected chi connectivity index (χ0v) is 7.95. The van der Waals surface area contributed by atoms with Crippen LogP contribution in [0.15, 0.2) is 6.07 Å². The maximum absolute atomic E-state index is 4.62. The summed E-state index contributed by atoms with van der Waals surface area (Å²) in [6, 6.07) is 2.23. The highest BCUT2D eigenvalue weighted by molar-refractivity contribution is 5.40. The summed E-state index contributed by atoms with van der Waals surface area (Å²) in [4.78, 5) is 0. The van der Waals surface area contributed by atoms with Crippen LogP contribution in [0.5, 0.6) is 0 Å². The predicted molar refractivity (Wildman–Crippen MR) is 51.9 cm³/mol. The van der Waals surface area contributed by atoms with Crippen LogP contribution in [-0.2, 0) is 6.54 Å². The van der Waals surface area contributed by atoms with E-state index in [1.807, 2.05) is 0 Å². The molecule has 0 amide bonds. The number of rotatable bonds is 1. The van der Waals surface area contributed by atoms with Crippen molar-refractivity contribution in [2.24, 2.45) is 5.92 Å². The van der Waals surface area contributed by atoms with Gasteiger partial charge in [0.15, 0.2) is 0 Å². The molecule has 0 saturated heterocycles. The number of anilines is 1. The molecule has 1 aromatic rings. The van der Waals surface area contributed by atoms with Gasteiger partial charge in [0, 0.05) is 25.1 Å². The van der Waals surface area contributed by atoms with E-state index in [9.17, 15) is 0 Å².